The van der Waals surface area contributed by atoms with Crippen molar-refractivity contribution in [3.63, 3.8) is 0 Å². The molecule has 1 aromatic carbocycles. The van der Waals surface area contributed by atoms with Crippen LogP contribution < -0.4 is 5.32 Å². The maximum absolute atomic E-state index is 12.6. The molecule has 2 unspecified atom stereocenters. The fraction of sp³-hybridized carbons (Fsp3) is 0.389. The van der Waals surface area contributed by atoms with Crippen molar-refractivity contribution in [2.45, 2.75) is 44.8 Å². The summed E-state index contributed by atoms with van der Waals surface area (Å²) in [7, 11) is 0. The van der Waals surface area contributed by atoms with Gasteiger partial charge in [0.05, 0.1) is 11.7 Å². The molecule has 2 N–H and O–H groups in total. The topological polar surface area (TPSA) is 62.5 Å². The molecule has 0 saturated heterocycles. The number of benzene rings is 1. The summed E-state index contributed by atoms with van der Waals surface area (Å²) in [6.45, 7) is 5.56. The van der Waals surface area contributed by atoms with Crippen molar-refractivity contribution in [1.82, 2.24) is 5.32 Å². The Kier molecular flexibility index (Phi) is 5.50. The fourth-order valence-electron chi connectivity index (χ4n) is 2.40. The first-order chi connectivity index (χ1) is 10.8. The van der Waals surface area contributed by atoms with Crippen molar-refractivity contribution < 1.29 is 14.3 Å². The van der Waals surface area contributed by atoms with E-state index in [0.29, 0.717) is 17.2 Å². The van der Waals surface area contributed by atoms with Gasteiger partial charge < -0.3 is 14.8 Å². The van der Waals surface area contributed by atoms with Crippen LogP contribution in [0.1, 0.15) is 44.6 Å². The molecule has 0 radical (unpaired) electrons. The van der Waals surface area contributed by atoms with Gasteiger partial charge in [0.2, 0.25) is 5.91 Å². The Bertz CT molecular complexity index is 652. The van der Waals surface area contributed by atoms with E-state index in [1.165, 1.54) is 6.26 Å². The highest BCUT2D eigenvalue weighted by Gasteiger charge is 2.31. The predicted octanol–water partition coefficient (Wildman–Crippen LogP) is 3.84. The highest BCUT2D eigenvalue weighted by atomic mass is 35.5. The largest absolute Gasteiger partial charge is 0.467 e. The summed E-state index contributed by atoms with van der Waals surface area (Å²) >= 11 is 6.01. The van der Waals surface area contributed by atoms with E-state index in [0.717, 1.165) is 5.56 Å². The van der Waals surface area contributed by atoms with E-state index in [-0.39, 0.29) is 11.9 Å². The lowest BCUT2D eigenvalue weighted by Crippen LogP contribution is -2.44. The van der Waals surface area contributed by atoms with E-state index >= 15 is 0 Å². The van der Waals surface area contributed by atoms with Gasteiger partial charge in [-0.15, -0.1) is 0 Å². The van der Waals surface area contributed by atoms with E-state index in [1.54, 1.807) is 24.3 Å². The van der Waals surface area contributed by atoms with Gasteiger partial charge in [-0.2, -0.15) is 0 Å². The normalized spacial score (nSPS) is 14.3. The van der Waals surface area contributed by atoms with Crippen molar-refractivity contribution >= 4 is 17.5 Å². The Morgan fingerprint density at radius 3 is 2.70 bits per heavy atom. The highest BCUT2D eigenvalue weighted by molar-refractivity contribution is 6.30. The Labute approximate surface area is 141 Å². The third kappa shape index (κ3) is 4.36. The summed E-state index contributed by atoms with van der Waals surface area (Å²) in [4.78, 5) is 12.6. The number of rotatable bonds is 6. The van der Waals surface area contributed by atoms with Crippen molar-refractivity contribution in [2.75, 3.05) is 0 Å². The van der Waals surface area contributed by atoms with Crippen LogP contribution >= 0.6 is 11.6 Å². The molecule has 0 aliphatic heterocycles. The van der Waals surface area contributed by atoms with Gasteiger partial charge in [0.15, 0.2) is 0 Å². The number of halogens is 1. The summed E-state index contributed by atoms with van der Waals surface area (Å²) in [6, 6.07) is 10.5. The first kappa shape index (κ1) is 17.6. The monoisotopic (exact) mass is 335 g/mol. The molecule has 1 heterocycles. The van der Waals surface area contributed by atoms with E-state index in [9.17, 15) is 9.90 Å². The second kappa shape index (κ2) is 7.20. The van der Waals surface area contributed by atoms with Gasteiger partial charge in [0.25, 0.3) is 0 Å². The third-order valence-electron chi connectivity index (χ3n) is 3.94. The molecule has 0 bridgehead atoms. The van der Waals surface area contributed by atoms with E-state index < -0.39 is 11.5 Å². The number of carbonyl (C=O) groups is 1. The molecule has 0 aliphatic carbocycles. The number of amides is 1. The minimum Gasteiger partial charge on any atom is -0.467 e. The number of aliphatic hydroxyl groups is 1. The van der Waals surface area contributed by atoms with Crippen LogP contribution in [0.5, 0.6) is 0 Å². The van der Waals surface area contributed by atoms with Crippen LogP contribution in [0.2, 0.25) is 5.02 Å². The Hall–Kier alpha value is -1.78. The SMILES string of the molecule is CC(CC(O)c1ccco1)NC(=O)C(C)(C)c1cccc(Cl)c1. The molecule has 4 nitrogen and oxygen atoms in total. The van der Waals surface area contributed by atoms with Crippen LogP contribution in [0.15, 0.2) is 47.1 Å². The molecule has 0 saturated carbocycles. The van der Waals surface area contributed by atoms with Gasteiger partial charge in [-0.1, -0.05) is 23.7 Å². The average Bonchev–Trinajstić information content (AvgIpc) is 3.01. The van der Waals surface area contributed by atoms with Crippen molar-refractivity contribution in [1.29, 1.82) is 0 Å². The molecule has 5 heteroatoms. The number of nitrogens with one attached hydrogen (secondary N) is 1. The second-order valence-corrected chi connectivity index (χ2v) is 6.71. The zero-order valence-corrected chi connectivity index (χ0v) is 14.3. The molecule has 0 aliphatic rings. The number of carbonyl (C=O) groups excluding carboxylic acids is 1. The van der Waals surface area contributed by atoms with Crippen LogP contribution in [-0.2, 0) is 10.2 Å². The summed E-state index contributed by atoms with van der Waals surface area (Å²) in [5.74, 6) is 0.388. The van der Waals surface area contributed by atoms with E-state index in [1.807, 2.05) is 32.9 Å². The van der Waals surface area contributed by atoms with E-state index in [4.69, 9.17) is 16.0 Å². The Balaban J connectivity index is 2.00. The number of aliphatic hydroxyl groups excluding tert-OH is 1. The minimum atomic E-state index is -0.741. The van der Waals surface area contributed by atoms with Gasteiger partial charge in [-0.25, -0.2) is 0 Å². The van der Waals surface area contributed by atoms with Crippen molar-refractivity contribution in [3.8, 4) is 0 Å². The quantitative estimate of drug-likeness (QED) is 0.843. The molecule has 124 valence electrons. The fourth-order valence-corrected chi connectivity index (χ4v) is 2.59. The number of hydrogen-bond donors (Lipinski definition) is 2. The zero-order valence-electron chi connectivity index (χ0n) is 13.5. The summed E-state index contributed by atoms with van der Waals surface area (Å²) in [5.41, 5.74) is 0.135. The third-order valence-corrected chi connectivity index (χ3v) is 4.17. The molecule has 0 spiro atoms. The van der Waals surface area contributed by atoms with Crippen LogP contribution in [0.3, 0.4) is 0 Å². The predicted molar refractivity (Wildman–Crippen MR) is 90.4 cm³/mol. The number of furan rings is 1. The Morgan fingerprint density at radius 2 is 2.09 bits per heavy atom. The molecule has 23 heavy (non-hydrogen) atoms. The van der Waals surface area contributed by atoms with Crippen LogP contribution in [-0.4, -0.2) is 17.1 Å². The summed E-state index contributed by atoms with van der Waals surface area (Å²) in [6.07, 6.45) is 1.16. The molecule has 1 aromatic heterocycles. The molecule has 1 amide bonds. The van der Waals surface area contributed by atoms with Crippen LogP contribution in [0, 0.1) is 0 Å². The zero-order chi connectivity index (χ0) is 17.0. The van der Waals surface area contributed by atoms with Crippen molar-refractivity contribution in [2.24, 2.45) is 0 Å². The van der Waals surface area contributed by atoms with Crippen molar-refractivity contribution in [3.05, 3.63) is 59.0 Å². The molecule has 2 atom stereocenters. The molecular formula is C18H22ClNO3. The van der Waals surface area contributed by atoms with Gasteiger partial charge in [-0.3, -0.25) is 4.79 Å². The second-order valence-electron chi connectivity index (χ2n) is 6.28. The molecule has 2 rings (SSSR count). The van der Waals surface area contributed by atoms with Gasteiger partial charge >= 0.3 is 0 Å². The lowest BCUT2D eigenvalue weighted by molar-refractivity contribution is -0.126. The smallest absolute Gasteiger partial charge is 0.230 e. The van der Waals surface area contributed by atoms with Crippen LogP contribution in [0.4, 0.5) is 0 Å². The van der Waals surface area contributed by atoms with Crippen LogP contribution in [0.25, 0.3) is 0 Å². The first-order valence-corrected chi connectivity index (χ1v) is 7.97. The standard InChI is InChI=1S/C18H22ClNO3/c1-12(10-15(21)16-8-5-9-23-16)20-17(22)18(2,3)13-6-4-7-14(19)11-13/h4-9,11-12,15,21H,10H2,1-3H3,(H,20,22). The maximum atomic E-state index is 12.6. The van der Waals surface area contributed by atoms with E-state index in [2.05, 4.69) is 5.32 Å². The molecule has 2 aromatic rings. The minimum absolute atomic E-state index is 0.112. The Morgan fingerprint density at radius 1 is 1.35 bits per heavy atom. The number of hydrogen-bond acceptors (Lipinski definition) is 3. The van der Waals surface area contributed by atoms with Gasteiger partial charge in [-0.05, 0) is 50.6 Å². The van der Waals surface area contributed by atoms with Gasteiger partial charge in [0, 0.05) is 17.5 Å². The van der Waals surface area contributed by atoms with Gasteiger partial charge in [0.1, 0.15) is 11.9 Å². The molecular weight excluding hydrogens is 314 g/mol. The lowest BCUT2D eigenvalue weighted by Gasteiger charge is -2.27. The average molecular weight is 336 g/mol. The lowest BCUT2D eigenvalue weighted by atomic mass is 9.83. The summed E-state index contributed by atoms with van der Waals surface area (Å²) in [5, 5.41) is 13.6. The first-order valence-electron chi connectivity index (χ1n) is 7.59. The summed E-state index contributed by atoms with van der Waals surface area (Å²) < 4.78 is 5.17. The highest BCUT2D eigenvalue weighted by Crippen LogP contribution is 2.26. The molecule has 0 fully saturated rings. The maximum Gasteiger partial charge on any atom is 0.230 e.